The van der Waals surface area contributed by atoms with Gasteiger partial charge in [-0.25, -0.2) is 4.79 Å². The Hall–Kier alpha value is -1.93. The van der Waals surface area contributed by atoms with Gasteiger partial charge in [-0.15, -0.1) is 11.3 Å². The number of piperidine rings is 1. The predicted molar refractivity (Wildman–Crippen MR) is 81.5 cm³/mol. The number of carboxylic acid groups (broad SMARTS) is 1. The summed E-state index contributed by atoms with van der Waals surface area (Å²) in [4.78, 5) is 37.2. The van der Waals surface area contributed by atoms with E-state index < -0.39 is 23.8 Å². The third-order valence-electron chi connectivity index (χ3n) is 3.48. The van der Waals surface area contributed by atoms with Gasteiger partial charge in [0.1, 0.15) is 0 Å². The largest absolute Gasteiger partial charge is 0.481 e. The first-order chi connectivity index (χ1) is 10.5. The minimum Gasteiger partial charge on any atom is -0.481 e. The van der Waals surface area contributed by atoms with Gasteiger partial charge in [-0.05, 0) is 30.8 Å². The number of carbonyl (C=O) groups excluding carboxylic acids is 2. The standard InChI is InChI=1S/C14H19N3O4S/c18-12(9-17-5-1-3-10(8-17)13(19)20)16-14(21)15-7-11-4-2-6-22-11/h2,4,6,10H,1,3,5,7-9H2,(H,19,20)(H2,15,16,18,21). The van der Waals surface area contributed by atoms with Crippen molar-refractivity contribution < 1.29 is 19.5 Å². The number of aliphatic carboxylic acids is 1. The molecule has 22 heavy (non-hydrogen) atoms. The molecule has 3 amide bonds. The summed E-state index contributed by atoms with van der Waals surface area (Å²) in [5.74, 6) is -1.69. The van der Waals surface area contributed by atoms with Crippen LogP contribution in [0.2, 0.25) is 0 Å². The molecular weight excluding hydrogens is 306 g/mol. The molecule has 0 aliphatic carbocycles. The maximum absolute atomic E-state index is 11.8. The molecule has 2 rings (SSSR count). The van der Waals surface area contributed by atoms with Crippen molar-refractivity contribution in [3.05, 3.63) is 22.4 Å². The average Bonchev–Trinajstić information content (AvgIpc) is 2.98. The molecule has 8 heteroatoms. The molecule has 1 fully saturated rings. The number of imide groups is 1. The molecular formula is C14H19N3O4S. The maximum Gasteiger partial charge on any atom is 0.321 e. The Morgan fingerprint density at radius 1 is 1.41 bits per heavy atom. The smallest absolute Gasteiger partial charge is 0.321 e. The van der Waals surface area contributed by atoms with Crippen molar-refractivity contribution in [1.29, 1.82) is 0 Å². The zero-order valence-electron chi connectivity index (χ0n) is 12.1. The molecule has 1 unspecified atom stereocenters. The fourth-order valence-corrected chi connectivity index (χ4v) is 3.04. The summed E-state index contributed by atoms with van der Waals surface area (Å²) in [7, 11) is 0. The van der Waals surface area contributed by atoms with Crippen molar-refractivity contribution in [3.63, 3.8) is 0 Å². The maximum atomic E-state index is 11.8. The van der Waals surface area contributed by atoms with E-state index in [1.165, 1.54) is 11.3 Å². The number of rotatable bonds is 5. The summed E-state index contributed by atoms with van der Waals surface area (Å²) >= 11 is 1.52. The van der Waals surface area contributed by atoms with Crippen LogP contribution in [-0.4, -0.2) is 47.5 Å². The third-order valence-corrected chi connectivity index (χ3v) is 4.35. The second-order valence-corrected chi connectivity index (χ2v) is 6.25. The Kier molecular flexibility index (Phi) is 5.91. The van der Waals surface area contributed by atoms with Gasteiger partial charge < -0.3 is 10.4 Å². The molecule has 1 aromatic heterocycles. The fourth-order valence-electron chi connectivity index (χ4n) is 2.39. The highest BCUT2D eigenvalue weighted by Gasteiger charge is 2.26. The van der Waals surface area contributed by atoms with E-state index in [4.69, 9.17) is 5.11 Å². The van der Waals surface area contributed by atoms with Crippen LogP contribution in [0.15, 0.2) is 17.5 Å². The first-order valence-electron chi connectivity index (χ1n) is 7.10. The molecule has 0 saturated carbocycles. The SMILES string of the molecule is O=C(CN1CCCC(C(=O)O)C1)NC(=O)NCc1cccs1. The molecule has 0 spiro atoms. The summed E-state index contributed by atoms with van der Waals surface area (Å²) in [5, 5.41) is 15.8. The Bertz CT molecular complexity index is 532. The van der Waals surface area contributed by atoms with Crippen LogP contribution < -0.4 is 10.6 Å². The van der Waals surface area contributed by atoms with Gasteiger partial charge in [0.2, 0.25) is 5.91 Å². The number of nitrogens with one attached hydrogen (secondary N) is 2. The molecule has 0 radical (unpaired) electrons. The molecule has 1 saturated heterocycles. The molecule has 3 N–H and O–H groups in total. The topological polar surface area (TPSA) is 98.7 Å². The van der Waals surface area contributed by atoms with Gasteiger partial charge in [0.25, 0.3) is 0 Å². The third kappa shape index (κ3) is 5.12. The van der Waals surface area contributed by atoms with Crippen molar-refractivity contribution >= 4 is 29.2 Å². The minimum absolute atomic E-state index is 0.0379. The normalized spacial score (nSPS) is 18.6. The summed E-state index contributed by atoms with van der Waals surface area (Å²) in [6.07, 6.45) is 1.38. The van der Waals surface area contributed by atoms with Crippen LogP contribution in [0.1, 0.15) is 17.7 Å². The number of amides is 3. The van der Waals surface area contributed by atoms with Crippen LogP contribution >= 0.6 is 11.3 Å². The van der Waals surface area contributed by atoms with Gasteiger partial charge in [-0.2, -0.15) is 0 Å². The summed E-state index contributed by atoms with van der Waals surface area (Å²) in [6.45, 7) is 1.44. The van der Waals surface area contributed by atoms with Crippen LogP contribution in [0.25, 0.3) is 0 Å². The highest BCUT2D eigenvalue weighted by molar-refractivity contribution is 7.09. The van der Waals surface area contributed by atoms with E-state index in [9.17, 15) is 14.4 Å². The monoisotopic (exact) mass is 325 g/mol. The van der Waals surface area contributed by atoms with Gasteiger partial charge in [-0.1, -0.05) is 6.07 Å². The van der Waals surface area contributed by atoms with E-state index in [0.717, 1.165) is 11.3 Å². The van der Waals surface area contributed by atoms with Crippen molar-refractivity contribution in [3.8, 4) is 0 Å². The quantitative estimate of drug-likeness (QED) is 0.746. The molecule has 1 aliphatic heterocycles. The first-order valence-corrected chi connectivity index (χ1v) is 7.98. The molecule has 120 valence electrons. The lowest BCUT2D eigenvalue weighted by Gasteiger charge is -2.29. The average molecular weight is 325 g/mol. The Balaban J connectivity index is 1.70. The predicted octanol–water partition coefficient (Wildman–Crippen LogP) is 0.871. The first kappa shape index (κ1) is 16.4. The molecule has 0 aromatic carbocycles. The Morgan fingerprint density at radius 2 is 2.23 bits per heavy atom. The van der Waals surface area contributed by atoms with Crippen molar-refractivity contribution in [1.82, 2.24) is 15.5 Å². The molecule has 7 nitrogen and oxygen atoms in total. The molecule has 0 bridgehead atoms. The van der Waals surface area contributed by atoms with Gasteiger partial charge in [0.15, 0.2) is 0 Å². The van der Waals surface area contributed by atoms with Crippen molar-refractivity contribution in [2.24, 2.45) is 5.92 Å². The van der Waals surface area contributed by atoms with Crippen LogP contribution in [0, 0.1) is 5.92 Å². The lowest BCUT2D eigenvalue weighted by atomic mass is 9.98. The number of likely N-dealkylation sites (tertiary alicyclic amines) is 1. The minimum atomic E-state index is -0.834. The zero-order valence-corrected chi connectivity index (χ0v) is 12.9. The number of carboxylic acids is 1. The second kappa shape index (κ2) is 7.90. The summed E-state index contributed by atoms with van der Waals surface area (Å²) in [6, 6.07) is 3.25. The fraction of sp³-hybridized carbons (Fsp3) is 0.500. The number of urea groups is 1. The van der Waals surface area contributed by atoms with Crippen LogP contribution in [-0.2, 0) is 16.1 Å². The van der Waals surface area contributed by atoms with Crippen molar-refractivity contribution in [2.45, 2.75) is 19.4 Å². The van der Waals surface area contributed by atoms with E-state index in [1.54, 1.807) is 4.90 Å². The van der Waals surface area contributed by atoms with Crippen LogP contribution in [0.5, 0.6) is 0 Å². The van der Waals surface area contributed by atoms with Gasteiger partial charge in [0.05, 0.1) is 19.0 Å². The molecule has 1 atom stereocenters. The highest BCUT2D eigenvalue weighted by Crippen LogP contribution is 2.16. The summed E-state index contributed by atoms with van der Waals surface area (Å²) < 4.78 is 0. The van der Waals surface area contributed by atoms with Gasteiger partial charge in [0, 0.05) is 11.4 Å². The molecule has 1 aromatic rings. The van der Waals surface area contributed by atoms with Gasteiger partial charge in [-0.3, -0.25) is 19.8 Å². The van der Waals surface area contributed by atoms with Gasteiger partial charge >= 0.3 is 12.0 Å². The number of thiophene rings is 1. The Morgan fingerprint density at radius 3 is 2.91 bits per heavy atom. The lowest BCUT2D eigenvalue weighted by molar-refractivity contribution is -0.144. The van der Waals surface area contributed by atoms with E-state index in [1.807, 2.05) is 17.5 Å². The van der Waals surface area contributed by atoms with E-state index in [0.29, 0.717) is 26.1 Å². The van der Waals surface area contributed by atoms with E-state index in [2.05, 4.69) is 10.6 Å². The van der Waals surface area contributed by atoms with Crippen LogP contribution in [0.4, 0.5) is 4.79 Å². The Labute approximate surface area is 132 Å². The highest BCUT2D eigenvalue weighted by atomic mass is 32.1. The zero-order chi connectivity index (χ0) is 15.9. The number of hydrogen-bond donors (Lipinski definition) is 3. The van der Waals surface area contributed by atoms with Crippen molar-refractivity contribution in [2.75, 3.05) is 19.6 Å². The number of nitrogens with zero attached hydrogens (tertiary/aromatic N) is 1. The lowest BCUT2D eigenvalue weighted by Crippen LogP contribution is -2.47. The summed E-state index contributed by atoms with van der Waals surface area (Å²) in [5.41, 5.74) is 0. The molecule has 1 aliphatic rings. The van der Waals surface area contributed by atoms with Crippen LogP contribution in [0.3, 0.4) is 0 Å². The number of hydrogen-bond acceptors (Lipinski definition) is 5. The number of carbonyl (C=O) groups is 3. The molecule has 2 heterocycles. The second-order valence-electron chi connectivity index (χ2n) is 5.22. The van der Waals surface area contributed by atoms with E-state index in [-0.39, 0.29) is 6.54 Å². The van der Waals surface area contributed by atoms with E-state index >= 15 is 0 Å².